The SMILES string of the molecule is CCN(CC)CCCS(=O)(=O)N[C@H](CCc1ccccc1)c1nc(CNC(=O)c2ccccn2)n[nH]1. The highest BCUT2D eigenvalue weighted by atomic mass is 32.2. The van der Waals surface area contributed by atoms with Gasteiger partial charge in [-0.05, 0) is 56.6 Å². The quantitative estimate of drug-likeness (QED) is 0.284. The zero-order valence-electron chi connectivity index (χ0n) is 20.9. The summed E-state index contributed by atoms with van der Waals surface area (Å²) in [5, 5.41) is 9.77. The number of aromatic amines is 1. The molecule has 0 aliphatic rings. The molecular weight excluding hydrogens is 478 g/mol. The van der Waals surface area contributed by atoms with Gasteiger partial charge < -0.3 is 10.2 Å². The molecule has 0 radical (unpaired) electrons. The summed E-state index contributed by atoms with van der Waals surface area (Å²) in [4.78, 5) is 23.0. The Hall–Kier alpha value is -3.15. The van der Waals surface area contributed by atoms with Crippen LogP contribution in [0.1, 0.15) is 60.4 Å². The third kappa shape index (κ3) is 8.81. The van der Waals surface area contributed by atoms with Gasteiger partial charge in [0.1, 0.15) is 11.5 Å². The largest absolute Gasteiger partial charge is 0.343 e. The molecule has 0 spiro atoms. The molecular formula is C25H35N7O3S. The fourth-order valence-corrected chi connectivity index (χ4v) is 5.08. The first-order valence-electron chi connectivity index (χ1n) is 12.3. The molecule has 1 amide bonds. The second-order valence-corrected chi connectivity index (χ2v) is 10.3. The molecule has 0 aliphatic carbocycles. The van der Waals surface area contributed by atoms with Gasteiger partial charge in [-0.25, -0.2) is 18.1 Å². The van der Waals surface area contributed by atoms with Gasteiger partial charge in [-0.15, -0.1) is 0 Å². The molecule has 0 aliphatic heterocycles. The van der Waals surface area contributed by atoms with E-state index in [1.807, 2.05) is 30.3 Å². The van der Waals surface area contributed by atoms with Gasteiger partial charge in [-0.1, -0.05) is 50.2 Å². The van der Waals surface area contributed by atoms with Crippen molar-refractivity contribution >= 4 is 15.9 Å². The van der Waals surface area contributed by atoms with Crippen LogP contribution in [-0.2, 0) is 23.0 Å². The van der Waals surface area contributed by atoms with Crippen LogP contribution in [0.25, 0.3) is 0 Å². The summed E-state index contributed by atoms with van der Waals surface area (Å²) in [5.41, 5.74) is 1.40. The number of pyridine rings is 1. The third-order valence-electron chi connectivity index (χ3n) is 5.85. The Morgan fingerprint density at radius 1 is 1.08 bits per heavy atom. The first kappa shape index (κ1) is 27.4. The molecule has 194 valence electrons. The van der Waals surface area contributed by atoms with Crippen molar-refractivity contribution in [2.24, 2.45) is 0 Å². The zero-order valence-corrected chi connectivity index (χ0v) is 21.7. The lowest BCUT2D eigenvalue weighted by molar-refractivity contribution is 0.0945. The van der Waals surface area contributed by atoms with Crippen LogP contribution >= 0.6 is 0 Å². The maximum Gasteiger partial charge on any atom is 0.270 e. The summed E-state index contributed by atoms with van der Waals surface area (Å²) in [5.74, 6) is 0.475. The van der Waals surface area contributed by atoms with Crippen LogP contribution < -0.4 is 10.0 Å². The number of nitrogens with one attached hydrogen (secondary N) is 3. The minimum Gasteiger partial charge on any atom is -0.343 e. The van der Waals surface area contributed by atoms with E-state index in [1.165, 1.54) is 0 Å². The van der Waals surface area contributed by atoms with Gasteiger partial charge in [0.05, 0.1) is 18.3 Å². The Bertz CT molecular complexity index is 1170. The number of amides is 1. The molecule has 2 heterocycles. The van der Waals surface area contributed by atoms with E-state index in [-0.39, 0.29) is 18.2 Å². The number of hydrogen-bond donors (Lipinski definition) is 3. The monoisotopic (exact) mass is 513 g/mol. The topological polar surface area (TPSA) is 133 Å². The molecule has 2 aromatic heterocycles. The standard InChI is InChI=1S/C25H35N7O3S/c1-3-32(4-2)17-10-18-36(34,35)31-21(15-14-20-11-6-5-7-12-20)24-28-23(29-30-24)19-27-25(33)22-13-8-9-16-26-22/h5-9,11-13,16,21,31H,3-4,10,14-15,17-19H2,1-2H3,(H,27,33)(H,28,29,30)/t21-/m1/s1. The summed E-state index contributed by atoms with van der Waals surface area (Å²) in [6, 6.07) is 14.4. The van der Waals surface area contributed by atoms with Gasteiger partial charge in [-0.2, -0.15) is 5.10 Å². The third-order valence-corrected chi connectivity index (χ3v) is 7.32. The molecule has 0 bridgehead atoms. The Morgan fingerprint density at radius 2 is 1.83 bits per heavy atom. The number of carbonyl (C=O) groups excluding carboxylic acids is 1. The number of H-pyrrole nitrogens is 1. The van der Waals surface area contributed by atoms with Gasteiger partial charge in [-0.3, -0.25) is 14.9 Å². The number of aromatic nitrogens is 4. The van der Waals surface area contributed by atoms with Crippen LogP contribution in [0.2, 0.25) is 0 Å². The van der Waals surface area contributed by atoms with Crippen molar-refractivity contribution in [3.8, 4) is 0 Å². The van der Waals surface area contributed by atoms with E-state index in [4.69, 9.17) is 0 Å². The normalized spacial score (nSPS) is 12.5. The molecule has 0 unspecified atom stereocenters. The first-order chi connectivity index (χ1) is 17.4. The number of benzene rings is 1. The molecule has 3 N–H and O–H groups in total. The predicted octanol–water partition coefficient (Wildman–Crippen LogP) is 2.45. The number of nitrogens with zero attached hydrogens (tertiary/aromatic N) is 4. The summed E-state index contributed by atoms with van der Waals surface area (Å²) in [7, 11) is -3.54. The van der Waals surface area contributed by atoms with Crippen LogP contribution in [0.5, 0.6) is 0 Å². The van der Waals surface area contributed by atoms with E-state index in [0.717, 1.165) is 25.2 Å². The van der Waals surface area contributed by atoms with Crippen molar-refractivity contribution < 1.29 is 13.2 Å². The van der Waals surface area contributed by atoms with E-state index in [1.54, 1.807) is 24.4 Å². The maximum absolute atomic E-state index is 12.9. The molecule has 3 rings (SSSR count). The highest BCUT2D eigenvalue weighted by molar-refractivity contribution is 7.89. The number of hydrogen-bond acceptors (Lipinski definition) is 7. The van der Waals surface area contributed by atoms with Crippen LogP contribution in [-0.4, -0.2) is 64.8 Å². The Kier molecular flexibility index (Phi) is 10.5. The van der Waals surface area contributed by atoms with E-state index >= 15 is 0 Å². The molecule has 0 fully saturated rings. The van der Waals surface area contributed by atoms with Gasteiger partial charge in [0.2, 0.25) is 10.0 Å². The highest BCUT2D eigenvalue weighted by Gasteiger charge is 2.23. The second kappa shape index (κ2) is 13.8. The average molecular weight is 514 g/mol. The summed E-state index contributed by atoms with van der Waals surface area (Å²) < 4.78 is 28.6. The van der Waals surface area contributed by atoms with Crippen LogP contribution in [0.3, 0.4) is 0 Å². The molecule has 1 aromatic carbocycles. The van der Waals surface area contributed by atoms with Gasteiger partial charge in [0, 0.05) is 6.20 Å². The second-order valence-electron chi connectivity index (χ2n) is 8.43. The first-order valence-corrected chi connectivity index (χ1v) is 13.9. The van der Waals surface area contributed by atoms with Crippen molar-refractivity contribution in [1.82, 2.24) is 35.1 Å². The van der Waals surface area contributed by atoms with Gasteiger partial charge in [0.25, 0.3) is 5.91 Å². The maximum atomic E-state index is 12.9. The van der Waals surface area contributed by atoms with Crippen LogP contribution in [0, 0.1) is 0 Å². The van der Waals surface area contributed by atoms with Crippen LogP contribution in [0.4, 0.5) is 0 Å². The minimum absolute atomic E-state index is 0.0342. The predicted molar refractivity (Wildman–Crippen MR) is 139 cm³/mol. The van der Waals surface area contributed by atoms with Crippen molar-refractivity contribution in [2.75, 3.05) is 25.4 Å². The van der Waals surface area contributed by atoms with E-state index < -0.39 is 16.1 Å². The lowest BCUT2D eigenvalue weighted by atomic mass is 10.1. The molecule has 10 nitrogen and oxygen atoms in total. The smallest absolute Gasteiger partial charge is 0.270 e. The molecule has 36 heavy (non-hydrogen) atoms. The van der Waals surface area contributed by atoms with Crippen LogP contribution in [0.15, 0.2) is 54.7 Å². The number of carbonyl (C=O) groups is 1. The fourth-order valence-electron chi connectivity index (χ4n) is 3.79. The van der Waals surface area contributed by atoms with Crippen molar-refractivity contribution in [3.63, 3.8) is 0 Å². The number of aryl methyl sites for hydroxylation is 1. The van der Waals surface area contributed by atoms with E-state index in [9.17, 15) is 13.2 Å². The molecule has 0 saturated heterocycles. The Labute approximate surface area is 213 Å². The summed E-state index contributed by atoms with van der Waals surface area (Å²) in [6.07, 6.45) is 3.27. The lowest BCUT2D eigenvalue weighted by Gasteiger charge is -2.19. The van der Waals surface area contributed by atoms with Crippen molar-refractivity contribution in [3.05, 3.63) is 77.6 Å². The summed E-state index contributed by atoms with van der Waals surface area (Å²) >= 11 is 0. The molecule has 1 atom stereocenters. The Balaban J connectivity index is 1.65. The lowest BCUT2D eigenvalue weighted by Crippen LogP contribution is -2.33. The molecule has 0 saturated carbocycles. The number of rotatable bonds is 15. The van der Waals surface area contributed by atoms with E-state index in [2.05, 4.69) is 49.0 Å². The molecule has 3 aromatic rings. The van der Waals surface area contributed by atoms with Gasteiger partial charge >= 0.3 is 0 Å². The molecule has 11 heteroatoms. The van der Waals surface area contributed by atoms with Gasteiger partial charge in [0.15, 0.2) is 5.82 Å². The minimum atomic E-state index is -3.54. The van der Waals surface area contributed by atoms with Crippen molar-refractivity contribution in [1.29, 1.82) is 0 Å². The van der Waals surface area contributed by atoms with Crippen molar-refractivity contribution in [2.45, 2.75) is 45.7 Å². The fraction of sp³-hybridized carbons (Fsp3) is 0.440. The average Bonchev–Trinajstić information content (AvgIpc) is 3.38. The zero-order chi connectivity index (χ0) is 25.8. The number of sulfonamides is 1. The Morgan fingerprint density at radius 3 is 2.53 bits per heavy atom. The highest BCUT2D eigenvalue weighted by Crippen LogP contribution is 2.18. The van der Waals surface area contributed by atoms with E-state index in [0.29, 0.717) is 36.6 Å². The summed E-state index contributed by atoms with van der Waals surface area (Å²) in [6.45, 7) is 6.73.